The van der Waals surface area contributed by atoms with Gasteiger partial charge in [0.05, 0.1) is 27.4 Å². The third-order valence-electron chi connectivity index (χ3n) is 5.80. The van der Waals surface area contributed by atoms with Gasteiger partial charge in [0.25, 0.3) is 0 Å². The van der Waals surface area contributed by atoms with Crippen molar-refractivity contribution in [3.63, 3.8) is 0 Å². The van der Waals surface area contributed by atoms with Crippen LogP contribution in [0.1, 0.15) is 30.0 Å². The summed E-state index contributed by atoms with van der Waals surface area (Å²) >= 11 is 0. The van der Waals surface area contributed by atoms with Crippen LogP contribution < -0.4 is 9.47 Å². The first-order chi connectivity index (χ1) is 15.0. The Morgan fingerprint density at radius 2 is 1.68 bits per heavy atom. The maximum atomic E-state index is 12.9. The minimum atomic E-state index is -0.786. The number of amides is 4. The van der Waals surface area contributed by atoms with Gasteiger partial charge in [-0.1, -0.05) is 36.4 Å². The normalized spacial score (nSPS) is 19.4. The first kappa shape index (κ1) is 20.9. The lowest BCUT2D eigenvalue weighted by Crippen LogP contribution is -2.42. The number of likely N-dealkylation sites (tertiary alicyclic amines) is 1. The summed E-state index contributed by atoms with van der Waals surface area (Å²) in [5, 5.41) is 0. The zero-order valence-corrected chi connectivity index (χ0v) is 17.6. The molecule has 4 rings (SSSR count). The first-order valence-corrected chi connectivity index (χ1v) is 10.2. The van der Waals surface area contributed by atoms with Gasteiger partial charge >= 0.3 is 17.8 Å². The lowest BCUT2D eigenvalue weighted by atomic mass is 10.0. The zero-order valence-electron chi connectivity index (χ0n) is 17.6. The van der Waals surface area contributed by atoms with E-state index in [0.29, 0.717) is 18.0 Å². The van der Waals surface area contributed by atoms with E-state index in [0.717, 1.165) is 33.8 Å². The molecule has 2 aromatic rings. The number of methoxy groups -OCH3 is 2. The Balaban J connectivity index is 1.52. The third kappa shape index (κ3) is 3.98. The molecule has 0 saturated carbocycles. The number of urea groups is 1. The molecule has 0 aromatic heterocycles. The highest BCUT2D eigenvalue weighted by molar-refractivity contribution is 6.44. The van der Waals surface area contributed by atoms with Gasteiger partial charge in [0, 0.05) is 24.2 Å². The average molecular weight is 423 g/mol. The average Bonchev–Trinajstić information content (AvgIpc) is 3.34. The molecule has 31 heavy (non-hydrogen) atoms. The Kier molecular flexibility index (Phi) is 5.90. The van der Waals surface area contributed by atoms with Crippen molar-refractivity contribution in [1.29, 1.82) is 0 Å². The summed E-state index contributed by atoms with van der Waals surface area (Å²) < 4.78 is 10.8. The van der Waals surface area contributed by atoms with E-state index in [-0.39, 0.29) is 19.3 Å². The van der Waals surface area contributed by atoms with Crippen LogP contribution in [-0.4, -0.2) is 60.0 Å². The molecule has 2 heterocycles. The molecule has 8 nitrogen and oxygen atoms in total. The highest BCUT2D eigenvalue weighted by Crippen LogP contribution is 2.39. The second-order valence-corrected chi connectivity index (χ2v) is 7.61. The highest BCUT2D eigenvalue weighted by Gasteiger charge is 2.46. The smallest absolute Gasteiger partial charge is 0.335 e. The van der Waals surface area contributed by atoms with E-state index in [1.807, 2.05) is 53.4 Å². The number of carbonyl (C=O) groups excluding carboxylic acids is 3. The number of hydrogen-bond acceptors (Lipinski definition) is 6. The maximum Gasteiger partial charge on any atom is 0.335 e. The largest absolute Gasteiger partial charge is 0.497 e. The van der Waals surface area contributed by atoms with Crippen molar-refractivity contribution in [2.24, 2.45) is 0 Å². The van der Waals surface area contributed by atoms with Crippen LogP contribution in [0.5, 0.6) is 11.5 Å². The molecule has 2 aromatic carbocycles. The summed E-state index contributed by atoms with van der Waals surface area (Å²) in [5.41, 5.74) is 1.76. The molecule has 8 heteroatoms. The SMILES string of the molecule is COc1ccc([C@H]2CCCN2CN2C(=O)C(=O)N(Cc3ccccc3)C2=O)c(OC)c1. The van der Waals surface area contributed by atoms with Crippen molar-refractivity contribution >= 4 is 17.8 Å². The van der Waals surface area contributed by atoms with Crippen molar-refractivity contribution in [2.45, 2.75) is 25.4 Å². The van der Waals surface area contributed by atoms with Gasteiger partial charge in [0.1, 0.15) is 11.5 Å². The van der Waals surface area contributed by atoms with Crippen LogP contribution >= 0.6 is 0 Å². The van der Waals surface area contributed by atoms with Crippen molar-refractivity contribution in [3.8, 4) is 11.5 Å². The molecule has 0 radical (unpaired) electrons. The standard InChI is InChI=1S/C23H25N3O5/c1-30-17-10-11-18(20(13-17)31-2)19-9-6-12-24(19)15-26-22(28)21(27)25(23(26)29)14-16-7-4-3-5-8-16/h3-5,7-8,10-11,13,19H,6,9,12,14-15H2,1-2H3/t19-/m1/s1. The number of carbonyl (C=O) groups is 3. The zero-order chi connectivity index (χ0) is 22.0. The van der Waals surface area contributed by atoms with E-state index in [1.54, 1.807) is 14.2 Å². The summed E-state index contributed by atoms with van der Waals surface area (Å²) in [6.07, 6.45) is 1.78. The highest BCUT2D eigenvalue weighted by atomic mass is 16.5. The van der Waals surface area contributed by atoms with Crippen molar-refractivity contribution < 1.29 is 23.9 Å². The summed E-state index contributed by atoms with van der Waals surface area (Å²) in [5.74, 6) is -0.186. The molecule has 0 aliphatic carbocycles. The Labute approximate surface area is 180 Å². The van der Waals surface area contributed by atoms with Gasteiger partial charge in [-0.25, -0.2) is 9.69 Å². The fourth-order valence-electron chi connectivity index (χ4n) is 4.20. The Bertz CT molecular complexity index is 994. The van der Waals surface area contributed by atoms with Crippen molar-refractivity contribution in [2.75, 3.05) is 27.4 Å². The van der Waals surface area contributed by atoms with Crippen LogP contribution in [0.25, 0.3) is 0 Å². The molecule has 2 aliphatic heterocycles. The van der Waals surface area contributed by atoms with Gasteiger partial charge in [-0.05, 0) is 24.5 Å². The topological polar surface area (TPSA) is 79.4 Å². The van der Waals surface area contributed by atoms with Crippen LogP contribution in [0, 0.1) is 0 Å². The second-order valence-electron chi connectivity index (χ2n) is 7.61. The van der Waals surface area contributed by atoms with E-state index in [1.165, 1.54) is 0 Å². The molecule has 162 valence electrons. The monoisotopic (exact) mass is 423 g/mol. The molecular formula is C23H25N3O5. The summed E-state index contributed by atoms with van der Waals surface area (Å²) in [4.78, 5) is 42.1. The van der Waals surface area contributed by atoms with Crippen LogP contribution in [0.4, 0.5) is 4.79 Å². The first-order valence-electron chi connectivity index (χ1n) is 10.2. The molecule has 4 amide bonds. The Hall–Kier alpha value is -3.39. The van der Waals surface area contributed by atoms with Gasteiger partial charge < -0.3 is 9.47 Å². The predicted octanol–water partition coefficient (Wildman–Crippen LogP) is 2.79. The maximum absolute atomic E-state index is 12.9. The minimum Gasteiger partial charge on any atom is -0.497 e. The lowest BCUT2D eigenvalue weighted by Gasteiger charge is -2.29. The molecule has 2 fully saturated rings. The second kappa shape index (κ2) is 8.77. The van der Waals surface area contributed by atoms with Gasteiger partial charge in [-0.3, -0.25) is 19.4 Å². The molecule has 0 N–H and O–H groups in total. The summed E-state index contributed by atoms with van der Waals surface area (Å²) in [6, 6.07) is 14.2. The summed E-state index contributed by atoms with van der Waals surface area (Å²) in [7, 11) is 3.20. The number of hydrogen-bond donors (Lipinski definition) is 0. The number of benzene rings is 2. The van der Waals surface area contributed by atoms with E-state index >= 15 is 0 Å². The number of imide groups is 2. The van der Waals surface area contributed by atoms with E-state index < -0.39 is 17.8 Å². The fraction of sp³-hybridized carbons (Fsp3) is 0.348. The Morgan fingerprint density at radius 3 is 2.39 bits per heavy atom. The van der Waals surface area contributed by atoms with Gasteiger partial charge in [0.15, 0.2) is 0 Å². The molecular weight excluding hydrogens is 398 g/mol. The molecule has 0 bridgehead atoms. The molecule has 2 aliphatic rings. The van der Waals surface area contributed by atoms with Crippen molar-refractivity contribution in [1.82, 2.24) is 14.7 Å². The molecule has 0 unspecified atom stereocenters. The Morgan fingerprint density at radius 1 is 0.935 bits per heavy atom. The van der Waals surface area contributed by atoms with Crippen LogP contribution in [0.15, 0.2) is 48.5 Å². The van der Waals surface area contributed by atoms with Crippen molar-refractivity contribution in [3.05, 3.63) is 59.7 Å². The lowest BCUT2D eigenvalue weighted by molar-refractivity contribution is -0.144. The molecule has 1 atom stereocenters. The van der Waals surface area contributed by atoms with E-state index in [4.69, 9.17) is 9.47 Å². The predicted molar refractivity (Wildman–Crippen MR) is 112 cm³/mol. The quantitative estimate of drug-likeness (QED) is 0.503. The van der Waals surface area contributed by atoms with Crippen LogP contribution in [-0.2, 0) is 16.1 Å². The fourth-order valence-corrected chi connectivity index (χ4v) is 4.20. The summed E-state index contributed by atoms with van der Waals surface area (Å²) in [6.45, 7) is 0.856. The number of rotatable bonds is 7. The molecule has 2 saturated heterocycles. The number of nitrogens with zero attached hydrogens (tertiary/aromatic N) is 3. The van der Waals surface area contributed by atoms with Gasteiger partial charge in [-0.15, -0.1) is 0 Å². The van der Waals surface area contributed by atoms with Gasteiger partial charge in [0.2, 0.25) is 0 Å². The van der Waals surface area contributed by atoms with E-state index in [2.05, 4.69) is 0 Å². The molecule has 0 spiro atoms. The van der Waals surface area contributed by atoms with Gasteiger partial charge in [-0.2, -0.15) is 0 Å². The third-order valence-corrected chi connectivity index (χ3v) is 5.80. The minimum absolute atomic E-state index is 0.0280. The van der Waals surface area contributed by atoms with E-state index in [9.17, 15) is 14.4 Å². The number of ether oxygens (including phenoxy) is 2. The van der Waals surface area contributed by atoms with Crippen LogP contribution in [0.2, 0.25) is 0 Å². The van der Waals surface area contributed by atoms with Crippen LogP contribution in [0.3, 0.4) is 0 Å².